The summed E-state index contributed by atoms with van der Waals surface area (Å²) in [6.07, 6.45) is 3.20. The third kappa shape index (κ3) is 6.11. The van der Waals surface area contributed by atoms with E-state index in [1.807, 2.05) is 31.2 Å². The van der Waals surface area contributed by atoms with Gasteiger partial charge in [-0.05, 0) is 57.7 Å². The second-order valence-corrected chi connectivity index (χ2v) is 7.85. The van der Waals surface area contributed by atoms with E-state index in [9.17, 15) is 5.11 Å². The Morgan fingerprint density at radius 1 is 1.41 bits per heavy atom. The first kappa shape index (κ1) is 20.0. The molecular weight excluding hydrogens is 340 g/mol. The van der Waals surface area contributed by atoms with Crippen molar-refractivity contribution in [2.24, 2.45) is 4.99 Å². The number of rotatable bonds is 8. The molecule has 0 aromatic heterocycles. The smallest absolute Gasteiger partial charge is 0.191 e. The minimum absolute atomic E-state index is 0.238. The van der Waals surface area contributed by atoms with E-state index in [1.54, 1.807) is 0 Å². The number of hydrogen-bond donors (Lipinski definition) is 3. The predicted octanol–water partition coefficient (Wildman–Crippen LogP) is 1.92. The van der Waals surface area contributed by atoms with Gasteiger partial charge in [0.05, 0.1) is 6.54 Å². The predicted molar refractivity (Wildman–Crippen MR) is 109 cm³/mol. The maximum Gasteiger partial charge on any atom is 0.191 e. The molecule has 0 amide bonds. The van der Waals surface area contributed by atoms with E-state index in [1.165, 1.54) is 12.8 Å². The molecule has 0 bridgehead atoms. The summed E-state index contributed by atoms with van der Waals surface area (Å²) in [6.45, 7) is 8.83. The van der Waals surface area contributed by atoms with Gasteiger partial charge in [0.15, 0.2) is 5.96 Å². The second kappa shape index (κ2) is 9.42. The third-order valence-electron chi connectivity index (χ3n) is 5.22. The zero-order valence-electron chi connectivity index (χ0n) is 16.8. The quantitative estimate of drug-likeness (QED) is 0.479. The number of nitrogens with zero attached hydrogens (tertiary/aromatic N) is 2. The number of guanidine groups is 1. The lowest BCUT2D eigenvalue weighted by Gasteiger charge is -2.20. The lowest BCUT2D eigenvalue weighted by Crippen LogP contribution is -2.45. The molecule has 1 aliphatic carbocycles. The van der Waals surface area contributed by atoms with Crippen LogP contribution in [0.2, 0.25) is 0 Å². The van der Waals surface area contributed by atoms with Crippen LogP contribution in [-0.2, 0) is 0 Å². The van der Waals surface area contributed by atoms with Crippen molar-refractivity contribution >= 4 is 5.96 Å². The average molecular weight is 375 g/mol. The Morgan fingerprint density at radius 3 is 2.93 bits per heavy atom. The minimum Gasteiger partial charge on any atom is -0.491 e. The first-order valence-corrected chi connectivity index (χ1v) is 10.2. The summed E-state index contributed by atoms with van der Waals surface area (Å²) in [4.78, 5) is 7.18. The van der Waals surface area contributed by atoms with E-state index in [-0.39, 0.29) is 6.61 Å². The van der Waals surface area contributed by atoms with Crippen molar-refractivity contribution < 1.29 is 9.84 Å². The number of aliphatic hydroxyl groups is 1. The normalized spacial score (nSPS) is 24.7. The molecule has 3 atom stereocenters. The van der Waals surface area contributed by atoms with Gasteiger partial charge in [-0.2, -0.15) is 0 Å². The number of aryl methyl sites for hydroxylation is 1. The highest BCUT2D eigenvalue weighted by Gasteiger charge is 2.38. The van der Waals surface area contributed by atoms with Gasteiger partial charge >= 0.3 is 0 Å². The lowest BCUT2D eigenvalue weighted by atomic mass is 10.2. The Morgan fingerprint density at radius 2 is 2.22 bits per heavy atom. The summed E-state index contributed by atoms with van der Waals surface area (Å²) in [5.74, 6) is 1.56. The largest absolute Gasteiger partial charge is 0.491 e. The van der Waals surface area contributed by atoms with E-state index in [4.69, 9.17) is 4.74 Å². The summed E-state index contributed by atoms with van der Waals surface area (Å²) < 4.78 is 5.67. The van der Waals surface area contributed by atoms with Crippen molar-refractivity contribution in [2.75, 3.05) is 26.2 Å². The van der Waals surface area contributed by atoms with Gasteiger partial charge in [-0.25, -0.2) is 0 Å². The summed E-state index contributed by atoms with van der Waals surface area (Å²) in [5, 5.41) is 17.1. The Balaban J connectivity index is 1.46. The maximum atomic E-state index is 10.2. The molecule has 3 unspecified atom stereocenters. The van der Waals surface area contributed by atoms with Gasteiger partial charge in [0.25, 0.3) is 0 Å². The van der Waals surface area contributed by atoms with Gasteiger partial charge in [0.1, 0.15) is 18.5 Å². The SMILES string of the molecule is CCNC(=NCC(O)COc1cccc(C)c1)NC1CC(C)N(C2CC2)C1. The van der Waals surface area contributed by atoms with Crippen LogP contribution in [0, 0.1) is 6.92 Å². The molecule has 6 heteroatoms. The molecule has 1 saturated heterocycles. The Hall–Kier alpha value is -1.79. The number of hydrogen-bond acceptors (Lipinski definition) is 4. The zero-order chi connectivity index (χ0) is 19.2. The minimum atomic E-state index is -0.633. The molecule has 27 heavy (non-hydrogen) atoms. The van der Waals surface area contributed by atoms with Gasteiger partial charge in [-0.15, -0.1) is 0 Å². The summed E-state index contributed by atoms with van der Waals surface area (Å²) >= 11 is 0. The molecule has 2 aliphatic rings. The number of likely N-dealkylation sites (tertiary alicyclic amines) is 1. The zero-order valence-corrected chi connectivity index (χ0v) is 16.8. The van der Waals surface area contributed by atoms with Gasteiger partial charge < -0.3 is 20.5 Å². The number of aliphatic hydroxyl groups excluding tert-OH is 1. The second-order valence-electron chi connectivity index (χ2n) is 7.85. The Labute approximate surface area is 163 Å². The van der Waals surface area contributed by atoms with E-state index in [0.29, 0.717) is 18.6 Å². The highest BCUT2D eigenvalue weighted by Crippen LogP contribution is 2.33. The first-order chi connectivity index (χ1) is 13.0. The van der Waals surface area contributed by atoms with Crippen molar-refractivity contribution in [3.63, 3.8) is 0 Å². The van der Waals surface area contributed by atoms with Crippen molar-refractivity contribution in [1.82, 2.24) is 15.5 Å². The van der Waals surface area contributed by atoms with Crippen LogP contribution in [0.1, 0.15) is 38.7 Å². The fourth-order valence-electron chi connectivity index (χ4n) is 3.74. The number of nitrogens with one attached hydrogen (secondary N) is 2. The van der Waals surface area contributed by atoms with Gasteiger partial charge in [-0.3, -0.25) is 9.89 Å². The summed E-state index contributed by atoms with van der Waals surface area (Å²) in [6, 6.07) is 9.69. The van der Waals surface area contributed by atoms with Crippen LogP contribution >= 0.6 is 0 Å². The molecule has 1 heterocycles. The van der Waals surface area contributed by atoms with Crippen molar-refractivity contribution in [2.45, 2.75) is 64.3 Å². The van der Waals surface area contributed by atoms with Crippen LogP contribution in [0.3, 0.4) is 0 Å². The van der Waals surface area contributed by atoms with E-state index in [0.717, 1.165) is 42.8 Å². The maximum absolute atomic E-state index is 10.2. The topological polar surface area (TPSA) is 69.1 Å². The standard InChI is InChI=1S/C21H34N4O2/c1-4-22-21(24-17-11-16(3)25(13-17)18-8-9-18)23-12-19(26)14-27-20-7-5-6-15(2)10-20/h5-7,10,16-19,26H,4,8-9,11-14H2,1-3H3,(H2,22,23,24). The van der Waals surface area contributed by atoms with Crippen molar-refractivity contribution in [3.8, 4) is 5.75 Å². The lowest BCUT2D eigenvalue weighted by molar-refractivity contribution is 0.114. The van der Waals surface area contributed by atoms with Crippen LogP contribution in [0.15, 0.2) is 29.3 Å². The molecule has 1 aromatic carbocycles. The summed E-state index contributed by atoms with van der Waals surface area (Å²) in [7, 11) is 0. The van der Waals surface area contributed by atoms with Crippen LogP contribution in [0.25, 0.3) is 0 Å². The molecule has 0 radical (unpaired) electrons. The van der Waals surface area contributed by atoms with Gasteiger partial charge in [-0.1, -0.05) is 12.1 Å². The van der Waals surface area contributed by atoms with Crippen LogP contribution in [0.5, 0.6) is 5.75 Å². The fraction of sp³-hybridized carbons (Fsp3) is 0.667. The summed E-state index contributed by atoms with van der Waals surface area (Å²) in [5.41, 5.74) is 1.14. The van der Waals surface area contributed by atoms with E-state index >= 15 is 0 Å². The van der Waals surface area contributed by atoms with Crippen LogP contribution < -0.4 is 15.4 Å². The molecule has 1 aromatic rings. The molecule has 6 nitrogen and oxygen atoms in total. The van der Waals surface area contributed by atoms with Gasteiger partial charge in [0, 0.05) is 31.2 Å². The molecule has 2 fully saturated rings. The number of benzene rings is 1. The number of aliphatic imine (C=N–C) groups is 1. The van der Waals surface area contributed by atoms with Crippen LogP contribution in [-0.4, -0.2) is 66.4 Å². The Bertz CT molecular complexity index is 632. The molecule has 3 N–H and O–H groups in total. The molecule has 0 spiro atoms. The van der Waals surface area contributed by atoms with Crippen molar-refractivity contribution in [3.05, 3.63) is 29.8 Å². The monoisotopic (exact) mass is 374 g/mol. The average Bonchev–Trinajstić information content (AvgIpc) is 3.41. The molecule has 1 saturated carbocycles. The highest BCUT2D eigenvalue weighted by molar-refractivity contribution is 5.80. The van der Waals surface area contributed by atoms with Gasteiger partial charge in [0.2, 0.25) is 0 Å². The highest BCUT2D eigenvalue weighted by atomic mass is 16.5. The van der Waals surface area contributed by atoms with Crippen molar-refractivity contribution in [1.29, 1.82) is 0 Å². The molecule has 1 aliphatic heterocycles. The fourth-order valence-corrected chi connectivity index (χ4v) is 3.74. The third-order valence-corrected chi connectivity index (χ3v) is 5.22. The van der Waals surface area contributed by atoms with Crippen LogP contribution in [0.4, 0.5) is 0 Å². The molecule has 3 rings (SSSR count). The first-order valence-electron chi connectivity index (χ1n) is 10.2. The van der Waals surface area contributed by atoms with E-state index in [2.05, 4.69) is 34.4 Å². The van der Waals surface area contributed by atoms with E-state index < -0.39 is 6.10 Å². The molecule has 150 valence electrons. The Kier molecular flexibility index (Phi) is 6.96. The number of ether oxygens (including phenoxy) is 1. The molecular formula is C21H34N4O2.